The molecule has 4 heteroatoms. The van der Waals surface area contributed by atoms with Gasteiger partial charge in [0.1, 0.15) is 5.92 Å². The number of hydrogen-bond acceptors (Lipinski definition) is 3. The van der Waals surface area contributed by atoms with Gasteiger partial charge in [0.15, 0.2) is 0 Å². The van der Waals surface area contributed by atoms with Crippen molar-refractivity contribution < 1.29 is 9.90 Å². The van der Waals surface area contributed by atoms with Crippen LogP contribution in [0.1, 0.15) is 44.3 Å². The molecular weight excluding hydrogens is 222 g/mol. The predicted octanol–water partition coefficient (Wildman–Crippen LogP) is 3.17. The van der Waals surface area contributed by atoms with Crippen LogP contribution in [0.2, 0.25) is 0 Å². The second-order valence-electron chi connectivity index (χ2n) is 4.82. The first-order valence-electron chi connectivity index (χ1n) is 5.59. The molecule has 1 aromatic heterocycles. The first-order chi connectivity index (χ1) is 7.41. The van der Waals surface area contributed by atoms with Crippen LogP contribution in [0.4, 0.5) is 0 Å². The van der Waals surface area contributed by atoms with E-state index in [1.54, 1.807) is 11.3 Å². The maximum atomic E-state index is 11.1. The van der Waals surface area contributed by atoms with E-state index in [-0.39, 0.29) is 5.92 Å². The van der Waals surface area contributed by atoms with Crippen LogP contribution in [-0.4, -0.2) is 16.1 Å². The Morgan fingerprint density at radius 1 is 1.44 bits per heavy atom. The van der Waals surface area contributed by atoms with Crippen LogP contribution in [0.3, 0.4) is 0 Å². The van der Waals surface area contributed by atoms with Gasteiger partial charge in [-0.05, 0) is 11.8 Å². The van der Waals surface area contributed by atoms with Crippen LogP contribution in [0.5, 0.6) is 0 Å². The van der Waals surface area contributed by atoms with Crippen LogP contribution in [0, 0.1) is 11.8 Å². The molecule has 1 unspecified atom stereocenters. The second kappa shape index (κ2) is 5.43. The molecule has 0 saturated heterocycles. The lowest BCUT2D eigenvalue weighted by Crippen LogP contribution is -2.17. The monoisotopic (exact) mass is 241 g/mol. The van der Waals surface area contributed by atoms with Gasteiger partial charge < -0.3 is 5.11 Å². The zero-order valence-corrected chi connectivity index (χ0v) is 11.0. The van der Waals surface area contributed by atoms with E-state index in [1.807, 2.05) is 19.2 Å². The van der Waals surface area contributed by atoms with Gasteiger partial charge in [-0.1, -0.05) is 27.7 Å². The minimum atomic E-state index is -0.781. The normalized spacial score (nSPS) is 13.4. The van der Waals surface area contributed by atoms with Crippen molar-refractivity contribution in [2.45, 2.75) is 40.0 Å². The Hall–Kier alpha value is -0.900. The topological polar surface area (TPSA) is 50.2 Å². The fraction of sp³-hybridized carbons (Fsp3) is 0.667. The summed E-state index contributed by atoms with van der Waals surface area (Å²) in [6, 6.07) is 0. The highest BCUT2D eigenvalue weighted by Crippen LogP contribution is 2.26. The third kappa shape index (κ3) is 3.30. The van der Waals surface area contributed by atoms with Gasteiger partial charge in [0.25, 0.3) is 0 Å². The number of hydrogen-bond donors (Lipinski definition) is 1. The third-order valence-electron chi connectivity index (χ3n) is 2.40. The molecule has 16 heavy (non-hydrogen) atoms. The summed E-state index contributed by atoms with van der Waals surface area (Å²) in [5.74, 6) is -0.624. The molecule has 1 rings (SSSR count). The van der Waals surface area contributed by atoms with E-state index < -0.39 is 11.9 Å². The molecule has 0 aliphatic heterocycles. The Labute approximate surface area is 101 Å². The van der Waals surface area contributed by atoms with E-state index in [0.29, 0.717) is 11.6 Å². The van der Waals surface area contributed by atoms with Crippen molar-refractivity contribution in [3.05, 3.63) is 16.1 Å². The minimum absolute atomic E-state index is 0.0755. The highest BCUT2D eigenvalue weighted by molar-refractivity contribution is 7.09. The summed E-state index contributed by atoms with van der Waals surface area (Å²) in [6.07, 6.45) is 0.926. The number of rotatable bonds is 5. The highest BCUT2D eigenvalue weighted by Gasteiger charge is 2.26. The summed E-state index contributed by atoms with van der Waals surface area (Å²) in [5, 5.41) is 12.1. The molecule has 90 valence electrons. The molecule has 1 N–H and O–H groups in total. The van der Waals surface area contributed by atoms with E-state index in [1.165, 1.54) is 0 Å². The van der Waals surface area contributed by atoms with Crippen LogP contribution in [0.15, 0.2) is 5.38 Å². The molecule has 0 aromatic carbocycles. The van der Waals surface area contributed by atoms with Crippen LogP contribution < -0.4 is 0 Å². The van der Waals surface area contributed by atoms with Gasteiger partial charge in [-0.15, -0.1) is 11.3 Å². The molecular formula is C12H19NO2S. The zero-order chi connectivity index (χ0) is 12.3. The van der Waals surface area contributed by atoms with Gasteiger partial charge in [-0.3, -0.25) is 4.79 Å². The van der Waals surface area contributed by atoms with Crippen LogP contribution in [0.25, 0.3) is 0 Å². The summed E-state index contributed by atoms with van der Waals surface area (Å²) in [5.41, 5.74) is 0.711. The smallest absolute Gasteiger partial charge is 0.312 e. The first-order valence-corrected chi connectivity index (χ1v) is 6.46. The van der Waals surface area contributed by atoms with E-state index in [9.17, 15) is 4.79 Å². The minimum Gasteiger partial charge on any atom is -0.481 e. The average Bonchev–Trinajstić information content (AvgIpc) is 2.50. The molecule has 0 radical (unpaired) electrons. The summed E-state index contributed by atoms with van der Waals surface area (Å²) in [7, 11) is 0. The number of carbonyl (C=O) groups is 1. The number of aromatic nitrogens is 1. The Morgan fingerprint density at radius 3 is 2.50 bits per heavy atom. The van der Waals surface area contributed by atoms with E-state index >= 15 is 0 Å². The zero-order valence-electron chi connectivity index (χ0n) is 10.2. The summed E-state index contributed by atoms with van der Waals surface area (Å²) >= 11 is 1.57. The van der Waals surface area contributed by atoms with Crippen molar-refractivity contribution in [3.63, 3.8) is 0 Å². The molecule has 0 fully saturated rings. The fourth-order valence-electron chi connectivity index (χ4n) is 1.66. The largest absolute Gasteiger partial charge is 0.481 e. The number of carboxylic acids is 1. The maximum absolute atomic E-state index is 11.1. The molecule has 1 heterocycles. The van der Waals surface area contributed by atoms with Crippen molar-refractivity contribution in [2.24, 2.45) is 11.8 Å². The molecule has 0 bridgehead atoms. The van der Waals surface area contributed by atoms with Gasteiger partial charge in [-0.2, -0.15) is 0 Å². The van der Waals surface area contributed by atoms with Gasteiger partial charge in [0, 0.05) is 11.8 Å². The average molecular weight is 241 g/mol. The molecule has 0 aliphatic carbocycles. The van der Waals surface area contributed by atoms with E-state index in [0.717, 1.165) is 11.4 Å². The van der Waals surface area contributed by atoms with Gasteiger partial charge >= 0.3 is 5.97 Å². The first kappa shape index (κ1) is 13.2. The fourth-order valence-corrected chi connectivity index (χ4v) is 2.71. The lowest BCUT2D eigenvalue weighted by atomic mass is 9.93. The molecule has 0 spiro atoms. The van der Waals surface area contributed by atoms with Gasteiger partial charge in [0.2, 0.25) is 0 Å². The number of aliphatic carboxylic acids is 1. The Balaban J connectivity index is 2.86. The van der Waals surface area contributed by atoms with Gasteiger partial charge in [0.05, 0.1) is 10.7 Å². The van der Waals surface area contributed by atoms with E-state index in [4.69, 9.17) is 5.11 Å². The van der Waals surface area contributed by atoms with E-state index in [2.05, 4.69) is 18.8 Å². The quantitative estimate of drug-likeness (QED) is 0.861. The number of nitrogens with zero attached hydrogens (tertiary/aromatic N) is 1. The summed E-state index contributed by atoms with van der Waals surface area (Å²) in [4.78, 5) is 15.6. The van der Waals surface area contributed by atoms with Crippen molar-refractivity contribution in [2.75, 3.05) is 0 Å². The Morgan fingerprint density at radius 2 is 2.06 bits per heavy atom. The number of thiazole rings is 1. The number of carboxylic acid groups (broad SMARTS) is 1. The van der Waals surface area contributed by atoms with Crippen molar-refractivity contribution in [1.82, 2.24) is 4.98 Å². The predicted molar refractivity (Wildman–Crippen MR) is 65.9 cm³/mol. The SMILES string of the molecule is CC(C)Cc1nc(C(C(=O)O)C(C)C)cs1. The van der Waals surface area contributed by atoms with Crippen LogP contribution in [-0.2, 0) is 11.2 Å². The standard InChI is InChI=1S/C12H19NO2S/c1-7(2)5-10-13-9(6-16-10)11(8(3)4)12(14)15/h6-8,11H,5H2,1-4H3,(H,14,15). The lowest BCUT2D eigenvalue weighted by Gasteiger charge is -2.13. The van der Waals surface area contributed by atoms with Gasteiger partial charge in [-0.25, -0.2) is 4.98 Å². The molecule has 0 amide bonds. The molecule has 3 nitrogen and oxygen atoms in total. The maximum Gasteiger partial charge on any atom is 0.312 e. The molecule has 1 atom stereocenters. The summed E-state index contributed by atoms with van der Waals surface area (Å²) in [6.45, 7) is 8.11. The molecule has 1 aromatic rings. The summed E-state index contributed by atoms with van der Waals surface area (Å²) < 4.78 is 0. The molecule has 0 aliphatic rings. The Bertz CT molecular complexity index is 358. The van der Waals surface area contributed by atoms with Crippen molar-refractivity contribution >= 4 is 17.3 Å². The highest BCUT2D eigenvalue weighted by atomic mass is 32.1. The lowest BCUT2D eigenvalue weighted by molar-refractivity contribution is -0.139. The third-order valence-corrected chi connectivity index (χ3v) is 3.29. The Kier molecular flexibility index (Phi) is 4.47. The van der Waals surface area contributed by atoms with Crippen LogP contribution >= 0.6 is 11.3 Å². The van der Waals surface area contributed by atoms with Crippen molar-refractivity contribution in [1.29, 1.82) is 0 Å². The van der Waals surface area contributed by atoms with Crippen molar-refractivity contribution in [3.8, 4) is 0 Å². The molecule has 0 saturated carbocycles. The second-order valence-corrected chi connectivity index (χ2v) is 5.77.